The summed E-state index contributed by atoms with van der Waals surface area (Å²) in [6, 6.07) is 10.6. The predicted octanol–water partition coefficient (Wildman–Crippen LogP) is 4.54. The van der Waals surface area contributed by atoms with Crippen molar-refractivity contribution in [1.29, 1.82) is 0 Å². The van der Waals surface area contributed by atoms with E-state index in [9.17, 15) is 9.18 Å². The first-order valence-corrected chi connectivity index (χ1v) is 12.6. The number of ether oxygens (including phenoxy) is 2. The predicted molar refractivity (Wildman–Crippen MR) is 133 cm³/mol. The lowest BCUT2D eigenvalue weighted by molar-refractivity contribution is -0.191. The molecule has 2 aromatic rings. The number of carbonyl (C=O) groups is 1. The van der Waals surface area contributed by atoms with Crippen LogP contribution >= 0.6 is 0 Å². The molecule has 2 aromatic carbocycles. The van der Waals surface area contributed by atoms with Gasteiger partial charge in [-0.25, -0.2) is 4.39 Å². The Morgan fingerprint density at radius 1 is 0.972 bits per heavy atom. The summed E-state index contributed by atoms with van der Waals surface area (Å²) in [7, 11) is 0. The smallest absolute Gasteiger partial charge is 0.373 e. The molecule has 0 radical (unpaired) electrons. The van der Waals surface area contributed by atoms with Crippen molar-refractivity contribution in [3.8, 4) is 22.6 Å². The second-order valence-electron chi connectivity index (χ2n) is 9.28. The number of hydrogen-bond donors (Lipinski definition) is 0. The van der Waals surface area contributed by atoms with Crippen LogP contribution in [0.1, 0.15) is 45.6 Å². The number of benzene rings is 2. The van der Waals surface area contributed by atoms with E-state index in [1.165, 1.54) is 12.1 Å². The summed E-state index contributed by atoms with van der Waals surface area (Å²) >= 11 is 0. The molecule has 2 heterocycles. The van der Waals surface area contributed by atoms with Gasteiger partial charge in [0.2, 0.25) is 5.91 Å². The lowest BCUT2D eigenvalue weighted by Gasteiger charge is -2.39. The first kappa shape index (κ1) is 27.4. The zero-order valence-corrected chi connectivity index (χ0v) is 21.3. The lowest BCUT2D eigenvalue weighted by Crippen LogP contribution is -2.41. The molecule has 0 unspecified atom stereocenters. The summed E-state index contributed by atoms with van der Waals surface area (Å²) < 4.78 is 25.5. The monoisotopic (exact) mass is 498 g/mol. The summed E-state index contributed by atoms with van der Waals surface area (Å²) in [5.74, 6) is 1.57. The van der Waals surface area contributed by atoms with E-state index in [1.54, 1.807) is 12.1 Å². The molecule has 2 saturated heterocycles. The summed E-state index contributed by atoms with van der Waals surface area (Å²) in [6.45, 7) is 11.6. The van der Waals surface area contributed by atoms with Crippen molar-refractivity contribution in [3.05, 3.63) is 47.8 Å². The van der Waals surface area contributed by atoms with Gasteiger partial charge in [-0.05, 0) is 87.5 Å². The maximum atomic E-state index is 13.5. The molecule has 8 heteroatoms. The fourth-order valence-electron chi connectivity index (χ4n) is 5.22. The quantitative estimate of drug-likeness (QED) is 0.532. The Kier molecular flexibility index (Phi) is 9.62. The van der Waals surface area contributed by atoms with Crippen molar-refractivity contribution in [3.63, 3.8) is 0 Å². The molecule has 2 fully saturated rings. The fourth-order valence-corrected chi connectivity index (χ4v) is 5.22. The molecule has 0 aromatic heterocycles. The van der Waals surface area contributed by atoms with Crippen LogP contribution in [0.5, 0.6) is 11.5 Å². The van der Waals surface area contributed by atoms with Crippen LogP contribution in [0, 0.1) is 11.2 Å². The number of halogens is 1. The number of carbonyl (C=O) groups excluding carboxylic acids is 3. The van der Waals surface area contributed by atoms with Gasteiger partial charge in [0.05, 0.1) is 18.8 Å². The zero-order chi connectivity index (χ0) is 26.1. The first-order valence-electron chi connectivity index (χ1n) is 12.6. The molecule has 2 aliphatic rings. The number of amides is 1. The van der Waals surface area contributed by atoms with E-state index in [-0.39, 0.29) is 17.4 Å². The van der Waals surface area contributed by atoms with Crippen LogP contribution in [0.3, 0.4) is 0 Å². The number of piperidine rings is 1. The largest absolute Gasteiger partial charge is 0.493 e. The summed E-state index contributed by atoms with van der Waals surface area (Å²) in [5, 5.41) is 0. The average molecular weight is 499 g/mol. The highest BCUT2D eigenvalue weighted by molar-refractivity contribution is 5.79. The van der Waals surface area contributed by atoms with Crippen LogP contribution < -0.4 is 9.47 Å². The van der Waals surface area contributed by atoms with Crippen LogP contribution in [-0.2, 0) is 20.9 Å². The second kappa shape index (κ2) is 12.7. The number of nitrogens with zero attached hydrogens (tertiary/aromatic N) is 2. The van der Waals surface area contributed by atoms with E-state index in [0.717, 1.165) is 73.8 Å². The highest BCUT2D eigenvalue weighted by atomic mass is 19.1. The molecule has 0 atom stereocenters. The van der Waals surface area contributed by atoms with Crippen LogP contribution in [0.15, 0.2) is 36.4 Å². The van der Waals surface area contributed by atoms with Gasteiger partial charge in [0, 0.05) is 26.1 Å². The summed E-state index contributed by atoms with van der Waals surface area (Å²) in [5.41, 5.74) is 3.04. The van der Waals surface area contributed by atoms with Gasteiger partial charge in [-0.2, -0.15) is 9.59 Å². The van der Waals surface area contributed by atoms with Crippen molar-refractivity contribution in [2.24, 2.45) is 5.41 Å². The van der Waals surface area contributed by atoms with Crippen LogP contribution in [0.2, 0.25) is 0 Å². The average Bonchev–Trinajstić information content (AvgIpc) is 3.17. The van der Waals surface area contributed by atoms with Gasteiger partial charge >= 0.3 is 6.15 Å². The van der Waals surface area contributed by atoms with Gasteiger partial charge < -0.3 is 14.4 Å². The standard InChI is InChI=1S/C27H35FN2O3.CO2/c1-4-30-19-27(17-25(30)31)11-13-29(14-12-27)18-20-15-23(32-5-2)26(24(16-20)33-6-3)21-7-9-22(28)10-8-21;2-1-3/h7-10,15-16H,4-6,11-14,17-19H2,1-3H3;. The molecule has 1 spiro atoms. The van der Waals surface area contributed by atoms with Crippen molar-refractivity contribution < 1.29 is 28.2 Å². The second-order valence-corrected chi connectivity index (χ2v) is 9.28. The molecular formula is C28H35FN2O5. The molecule has 1 amide bonds. The topological polar surface area (TPSA) is 76.2 Å². The minimum absolute atomic E-state index is 0.156. The molecule has 0 saturated carbocycles. The van der Waals surface area contributed by atoms with Crippen molar-refractivity contribution in [2.75, 3.05) is 39.4 Å². The first-order chi connectivity index (χ1) is 17.4. The lowest BCUT2D eigenvalue weighted by atomic mass is 9.77. The molecule has 2 aliphatic heterocycles. The Hall–Kier alpha value is -3.22. The third-order valence-corrected chi connectivity index (χ3v) is 6.97. The third-order valence-electron chi connectivity index (χ3n) is 6.97. The van der Waals surface area contributed by atoms with Gasteiger partial charge in [0.15, 0.2) is 0 Å². The van der Waals surface area contributed by atoms with Crippen LogP contribution in [0.25, 0.3) is 11.1 Å². The van der Waals surface area contributed by atoms with E-state index < -0.39 is 0 Å². The van der Waals surface area contributed by atoms with E-state index >= 15 is 0 Å². The third kappa shape index (κ3) is 6.50. The Morgan fingerprint density at radius 2 is 1.53 bits per heavy atom. The number of hydrogen-bond acceptors (Lipinski definition) is 6. The maximum Gasteiger partial charge on any atom is 0.373 e. The number of likely N-dealkylation sites (tertiary alicyclic amines) is 2. The van der Waals surface area contributed by atoms with Gasteiger partial charge in [0.1, 0.15) is 17.3 Å². The summed E-state index contributed by atoms with van der Waals surface area (Å²) in [4.78, 5) is 33.0. The Bertz CT molecular complexity index is 1030. The molecule has 4 rings (SSSR count). The van der Waals surface area contributed by atoms with Crippen molar-refractivity contribution in [1.82, 2.24) is 9.80 Å². The van der Waals surface area contributed by atoms with Crippen molar-refractivity contribution in [2.45, 2.75) is 46.6 Å². The van der Waals surface area contributed by atoms with Crippen molar-refractivity contribution >= 4 is 12.1 Å². The van der Waals surface area contributed by atoms with Crippen LogP contribution in [-0.4, -0.2) is 61.3 Å². The van der Waals surface area contributed by atoms with Gasteiger partial charge in [-0.15, -0.1) is 0 Å². The van der Waals surface area contributed by atoms with E-state index in [0.29, 0.717) is 25.5 Å². The molecule has 0 aliphatic carbocycles. The number of rotatable bonds is 8. The zero-order valence-electron chi connectivity index (χ0n) is 21.3. The normalized spacial score (nSPS) is 16.9. The molecular weight excluding hydrogens is 463 g/mol. The molecule has 0 bridgehead atoms. The Labute approximate surface area is 212 Å². The highest BCUT2D eigenvalue weighted by Gasteiger charge is 2.44. The minimum atomic E-state index is -0.264. The van der Waals surface area contributed by atoms with Gasteiger partial charge in [-0.3, -0.25) is 9.69 Å². The molecule has 0 N–H and O–H groups in total. The Balaban J connectivity index is 0.00000115. The Morgan fingerprint density at radius 3 is 2.00 bits per heavy atom. The van der Waals surface area contributed by atoms with E-state index in [4.69, 9.17) is 19.1 Å². The van der Waals surface area contributed by atoms with Gasteiger partial charge in [-0.1, -0.05) is 12.1 Å². The summed E-state index contributed by atoms with van der Waals surface area (Å²) in [6.07, 6.45) is 3.06. The SMILES string of the molecule is CCOc1cc(CN2CCC3(CC2)CC(=O)N(CC)C3)cc(OCC)c1-c1ccc(F)cc1.O=C=O. The van der Waals surface area contributed by atoms with Crippen LogP contribution in [0.4, 0.5) is 4.39 Å². The maximum absolute atomic E-state index is 13.5. The fraction of sp³-hybridized carbons (Fsp3) is 0.500. The highest BCUT2D eigenvalue weighted by Crippen LogP contribution is 2.43. The molecule has 36 heavy (non-hydrogen) atoms. The van der Waals surface area contributed by atoms with Gasteiger partial charge in [0.25, 0.3) is 0 Å². The minimum Gasteiger partial charge on any atom is -0.493 e. The van der Waals surface area contributed by atoms with E-state index in [2.05, 4.69) is 24.0 Å². The molecule has 194 valence electrons. The van der Waals surface area contributed by atoms with E-state index in [1.807, 2.05) is 18.7 Å². The molecule has 7 nitrogen and oxygen atoms in total.